The molecule has 0 saturated carbocycles. The first kappa shape index (κ1) is 16.4. The minimum atomic E-state index is -0.980. The first-order valence-electron chi connectivity index (χ1n) is 8.14. The second-order valence-electron chi connectivity index (χ2n) is 6.91. The molecule has 0 spiro atoms. The van der Waals surface area contributed by atoms with E-state index in [1.807, 2.05) is 39.0 Å². The minimum Gasteiger partial charge on any atom is -0.490 e. The summed E-state index contributed by atoms with van der Waals surface area (Å²) in [7, 11) is 0. The minimum absolute atomic E-state index is 0.0655. The molecule has 1 atom stereocenters. The number of rotatable bonds is 5. The number of carboxylic acids is 1. The Kier molecular flexibility index (Phi) is 4.22. The van der Waals surface area contributed by atoms with Crippen LogP contribution in [-0.4, -0.2) is 22.8 Å². The smallest absolute Gasteiger partial charge is 0.335 e. The molecular formula is C20H22O4. The van der Waals surface area contributed by atoms with E-state index in [1.165, 1.54) is 5.56 Å². The molecule has 0 saturated heterocycles. The molecule has 0 fully saturated rings. The first-order valence-corrected chi connectivity index (χ1v) is 8.14. The Labute approximate surface area is 142 Å². The van der Waals surface area contributed by atoms with E-state index in [0.717, 1.165) is 12.0 Å². The number of ether oxygens (including phenoxy) is 2. The van der Waals surface area contributed by atoms with E-state index in [1.54, 1.807) is 12.1 Å². The Hall–Kier alpha value is -2.49. The van der Waals surface area contributed by atoms with Crippen molar-refractivity contribution in [3.05, 3.63) is 59.2 Å². The Morgan fingerprint density at radius 3 is 2.67 bits per heavy atom. The predicted octanol–water partition coefficient (Wildman–Crippen LogP) is 4.11. The Morgan fingerprint density at radius 2 is 2.00 bits per heavy atom. The topological polar surface area (TPSA) is 55.8 Å². The predicted molar refractivity (Wildman–Crippen MR) is 92.0 cm³/mol. The molecule has 0 aliphatic carbocycles. The SMILES string of the molecule is C[C@@H](Cc1ccccc1)Oc1cc(C(=O)O)cc2c1CC(C)(C)O2. The van der Waals surface area contributed by atoms with Gasteiger partial charge in [0, 0.05) is 18.4 Å². The van der Waals surface area contributed by atoms with E-state index in [2.05, 4.69) is 12.1 Å². The first-order chi connectivity index (χ1) is 11.3. The molecule has 1 aliphatic rings. The number of benzene rings is 2. The molecular weight excluding hydrogens is 304 g/mol. The maximum absolute atomic E-state index is 11.4. The van der Waals surface area contributed by atoms with Crippen LogP contribution in [0.15, 0.2) is 42.5 Å². The van der Waals surface area contributed by atoms with Crippen LogP contribution in [0.25, 0.3) is 0 Å². The quantitative estimate of drug-likeness (QED) is 0.898. The maximum Gasteiger partial charge on any atom is 0.335 e. The van der Waals surface area contributed by atoms with E-state index in [9.17, 15) is 9.90 Å². The lowest BCUT2D eigenvalue weighted by molar-refractivity contribution is 0.0694. The molecule has 3 rings (SSSR count). The highest BCUT2D eigenvalue weighted by atomic mass is 16.5. The van der Waals surface area contributed by atoms with Gasteiger partial charge in [-0.05, 0) is 38.5 Å². The molecule has 1 N–H and O–H groups in total. The molecule has 126 valence electrons. The van der Waals surface area contributed by atoms with Crippen molar-refractivity contribution in [2.75, 3.05) is 0 Å². The van der Waals surface area contributed by atoms with Gasteiger partial charge in [-0.1, -0.05) is 30.3 Å². The lowest BCUT2D eigenvalue weighted by Crippen LogP contribution is -2.24. The molecule has 4 heteroatoms. The van der Waals surface area contributed by atoms with Crippen molar-refractivity contribution in [1.82, 2.24) is 0 Å². The van der Waals surface area contributed by atoms with Crippen molar-refractivity contribution >= 4 is 5.97 Å². The zero-order chi connectivity index (χ0) is 17.3. The highest BCUT2D eigenvalue weighted by Crippen LogP contribution is 2.41. The van der Waals surface area contributed by atoms with Gasteiger partial charge >= 0.3 is 5.97 Å². The van der Waals surface area contributed by atoms with Gasteiger partial charge in [0.25, 0.3) is 0 Å². The Bertz CT molecular complexity index is 750. The molecule has 0 radical (unpaired) electrons. The second kappa shape index (κ2) is 6.19. The number of hydrogen-bond acceptors (Lipinski definition) is 3. The summed E-state index contributed by atoms with van der Waals surface area (Å²) in [5.74, 6) is 0.243. The van der Waals surface area contributed by atoms with E-state index in [4.69, 9.17) is 9.47 Å². The summed E-state index contributed by atoms with van der Waals surface area (Å²) in [5, 5.41) is 9.33. The molecule has 0 aromatic heterocycles. The molecule has 24 heavy (non-hydrogen) atoms. The number of carboxylic acid groups (broad SMARTS) is 1. The molecule has 2 aromatic carbocycles. The number of carbonyl (C=O) groups is 1. The average molecular weight is 326 g/mol. The molecule has 2 aromatic rings. The summed E-state index contributed by atoms with van der Waals surface area (Å²) in [5.41, 5.74) is 1.98. The van der Waals surface area contributed by atoms with Crippen LogP contribution in [0.5, 0.6) is 11.5 Å². The van der Waals surface area contributed by atoms with Crippen molar-refractivity contribution in [3.8, 4) is 11.5 Å². The van der Waals surface area contributed by atoms with Gasteiger partial charge in [-0.2, -0.15) is 0 Å². The fourth-order valence-electron chi connectivity index (χ4n) is 3.08. The molecule has 0 unspecified atom stereocenters. The summed E-state index contributed by atoms with van der Waals surface area (Å²) in [4.78, 5) is 11.4. The van der Waals surface area contributed by atoms with E-state index in [-0.39, 0.29) is 17.3 Å². The largest absolute Gasteiger partial charge is 0.490 e. The van der Waals surface area contributed by atoms with Crippen molar-refractivity contribution in [2.45, 2.75) is 45.3 Å². The summed E-state index contributed by atoms with van der Waals surface area (Å²) >= 11 is 0. The average Bonchev–Trinajstić information content (AvgIpc) is 2.82. The van der Waals surface area contributed by atoms with Crippen LogP contribution in [0.3, 0.4) is 0 Å². The molecule has 0 amide bonds. The van der Waals surface area contributed by atoms with Crippen molar-refractivity contribution in [1.29, 1.82) is 0 Å². The van der Waals surface area contributed by atoms with E-state index >= 15 is 0 Å². The van der Waals surface area contributed by atoms with Crippen molar-refractivity contribution in [3.63, 3.8) is 0 Å². The maximum atomic E-state index is 11.4. The lowest BCUT2D eigenvalue weighted by atomic mass is 9.99. The van der Waals surface area contributed by atoms with Gasteiger partial charge in [-0.15, -0.1) is 0 Å². The van der Waals surface area contributed by atoms with Crippen molar-refractivity contribution in [2.24, 2.45) is 0 Å². The Balaban J connectivity index is 1.86. The van der Waals surface area contributed by atoms with Crippen LogP contribution in [0.4, 0.5) is 0 Å². The normalized spacial score (nSPS) is 16.1. The van der Waals surface area contributed by atoms with Gasteiger partial charge in [-0.25, -0.2) is 4.79 Å². The number of fused-ring (bicyclic) bond motifs is 1. The molecule has 0 bridgehead atoms. The standard InChI is InChI=1S/C20H22O4/c1-13(9-14-7-5-4-6-8-14)23-17-10-15(19(21)22)11-18-16(17)12-20(2,3)24-18/h4-8,10-11,13H,9,12H2,1-3H3,(H,21,22)/t13-/m0/s1. The van der Waals surface area contributed by atoms with Crippen LogP contribution >= 0.6 is 0 Å². The highest BCUT2D eigenvalue weighted by molar-refractivity contribution is 5.89. The fraction of sp³-hybridized carbons (Fsp3) is 0.350. The van der Waals surface area contributed by atoms with Gasteiger partial charge in [0.05, 0.1) is 11.7 Å². The molecule has 1 heterocycles. The van der Waals surface area contributed by atoms with Gasteiger partial charge in [0.2, 0.25) is 0 Å². The highest BCUT2D eigenvalue weighted by Gasteiger charge is 2.34. The van der Waals surface area contributed by atoms with Crippen LogP contribution in [-0.2, 0) is 12.8 Å². The van der Waals surface area contributed by atoms with Gasteiger partial charge in [-0.3, -0.25) is 0 Å². The molecule has 1 aliphatic heterocycles. The van der Waals surface area contributed by atoms with E-state index in [0.29, 0.717) is 17.9 Å². The van der Waals surface area contributed by atoms with Gasteiger partial charge in [0.1, 0.15) is 17.1 Å². The van der Waals surface area contributed by atoms with Crippen LogP contribution in [0, 0.1) is 0 Å². The number of hydrogen-bond donors (Lipinski definition) is 1. The Morgan fingerprint density at radius 1 is 1.29 bits per heavy atom. The summed E-state index contributed by atoms with van der Waals surface area (Å²) in [6.07, 6.45) is 1.40. The second-order valence-corrected chi connectivity index (χ2v) is 6.91. The lowest BCUT2D eigenvalue weighted by Gasteiger charge is -2.17. The van der Waals surface area contributed by atoms with Crippen LogP contribution < -0.4 is 9.47 Å². The van der Waals surface area contributed by atoms with Crippen LogP contribution in [0.2, 0.25) is 0 Å². The number of aromatic carboxylic acids is 1. The third kappa shape index (κ3) is 3.53. The monoisotopic (exact) mass is 326 g/mol. The summed E-state index contributed by atoms with van der Waals surface area (Å²) < 4.78 is 12.0. The van der Waals surface area contributed by atoms with Gasteiger partial charge in [0.15, 0.2) is 0 Å². The third-order valence-electron chi connectivity index (χ3n) is 4.10. The zero-order valence-electron chi connectivity index (χ0n) is 14.2. The van der Waals surface area contributed by atoms with Gasteiger partial charge < -0.3 is 14.6 Å². The molecule has 4 nitrogen and oxygen atoms in total. The fourth-order valence-corrected chi connectivity index (χ4v) is 3.08. The zero-order valence-corrected chi connectivity index (χ0v) is 14.2. The van der Waals surface area contributed by atoms with Crippen molar-refractivity contribution < 1.29 is 19.4 Å². The summed E-state index contributed by atoms with van der Waals surface area (Å²) in [6, 6.07) is 13.3. The summed E-state index contributed by atoms with van der Waals surface area (Å²) in [6.45, 7) is 5.98. The van der Waals surface area contributed by atoms with E-state index < -0.39 is 5.97 Å². The van der Waals surface area contributed by atoms with Crippen LogP contribution in [0.1, 0.15) is 42.3 Å². The third-order valence-corrected chi connectivity index (χ3v) is 4.10.